The van der Waals surface area contributed by atoms with Crippen molar-refractivity contribution in [3.05, 3.63) is 17.0 Å². The number of likely N-dealkylation sites (tertiary alicyclic amines) is 1. The second kappa shape index (κ2) is 10.4. The van der Waals surface area contributed by atoms with Crippen molar-refractivity contribution in [2.45, 2.75) is 59.4 Å². The van der Waals surface area contributed by atoms with Gasteiger partial charge in [-0.2, -0.15) is 0 Å². The normalized spacial score (nSPS) is 17.0. The molecule has 1 saturated heterocycles. The number of rotatable bonds is 8. The summed E-state index contributed by atoms with van der Waals surface area (Å²) in [5.41, 5.74) is 2.22. The van der Waals surface area contributed by atoms with Gasteiger partial charge in [-0.05, 0) is 51.2 Å². The van der Waals surface area contributed by atoms with Gasteiger partial charge in [-0.3, -0.25) is 4.99 Å². The van der Waals surface area contributed by atoms with Crippen molar-refractivity contribution in [1.29, 1.82) is 0 Å². The van der Waals surface area contributed by atoms with E-state index in [1.165, 1.54) is 38.0 Å². The van der Waals surface area contributed by atoms with Gasteiger partial charge in [-0.15, -0.1) is 0 Å². The standard InChI is InChI=1S/C19H35N5O/c1-5-17-16(18(6-2)25-23-17)14-22-19(20-4)21-10-7-11-24-12-8-15(3)9-13-24/h15H,5-14H2,1-4H3,(H2,20,21,22). The molecule has 0 saturated carbocycles. The molecule has 1 aromatic rings. The Labute approximate surface area is 152 Å². The average Bonchev–Trinajstić information content (AvgIpc) is 3.04. The van der Waals surface area contributed by atoms with Crippen molar-refractivity contribution in [3.8, 4) is 0 Å². The number of nitrogens with one attached hydrogen (secondary N) is 2. The van der Waals surface area contributed by atoms with Gasteiger partial charge in [0.15, 0.2) is 5.96 Å². The minimum Gasteiger partial charge on any atom is -0.361 e. The Morgan fingerprint density at radius 3 is 2.64 bits per heavy atom. The number of guanidine groups is 1. The molecular formula is C19H35N5O. The Morgan fingerprint density at radius 2 is 2.00 bits per heavy atom. The largest absolute Gasteiger partial charge is 0.361 e. The van der Waals surface area contributed by atoms with Crippen molar-refractivity contribution in [3.63, 3.8) is 0 Å². The summed E-state index contributed by atoms with van der Waals surface area (Å²) < 4.78 is 5.42. The zero-order chi connectivity index (χ0) is 18.1. The van der Waals surface area contributed by atoms with E-state index in [0.29, 0.717) is 6.54 Å². The number of hydrogen-bond donors (Lipinski definition) is 2. The van der Waals surface area contributed by atoms with Gasteiger partial charge in [-0.1, -0.05) is 25.9 Å². The zero-order valence-electron chi connectivity index (χ0n) is 16.4. The number of nitrogens with zero attached hydrogens (tertiary/aromatic N) is 3. The lowest BCUT2D eigenvalue weighted by Gasteiger charge is -2.30. The SMILES string of the molecule is CCc1noc(CC)c1CNC(=NC)NCCCN1CCC(C)CC1. The van der Waals surface area contributed by atoms with E-state index in [4.69, 9.17) is 4.52 Å². The smallest absolute Gasteiger partial charge is 0.191 e. The van der Waals surface area contributed by atoms with E-state index >= 15 is 0 Å². The maximum absolute atomic E-state index is 5.42. The molecule has 2 rings (SSSR count). The Kier molecular flexibility index (Phi) is 8.25. The van der Waals surface area contributed by atoms with Gasteiger partial charge in [0.2, 0.25) is 0 Å². The first-order chi connectivity index (χ1) is 12.2. The van der Waals surface area contributed by atoms with E-state index in [2.05, 4.69) is 46.5 Å². The van der Waals surface area contributed by atoms with E-state index in [1.807, 2.05) is 7.05 Å². The van der Waals surface area contributed by atoms with Gasteiger partial charge < -0.3 is 20.1 Å². The van der Waals surface area contributed by atoms with E-state index in [0.717, 1.165) is 49.1 Å². The Balaban J connectivity index is 1.70. The van der Waals surface area contributed by atoms with Gasteiger partial charge in [-0.25, -0.2) is 0 Å². The number of aromatic nitrogens is 1. The molecule has 2 N–H and O–H groups in total. The summed E-state index contributed by atoms with van der Waals surface area (Å²) >= 11 is 0. The molecule has 1 aliphatic heterocycles. The molecule has 0 radical (unpaired) electrons. The van der Waals surface area contributed by atoms with Crippen LogP contribution in [0.15, 0.2) is 9.52 Å². The van der Waals surface area contributed by atoms with Crippen LogP contribution in [0.4, 0.5) is 0 Å². The van der Waals surface area contributed by atoms with Crippen molar-refractivity contribution in [2.75, 3.05) is 33.2 Å². The molecule has 0 aliphatic carbocycles. The van der Waals surface area contributed by atoms with Crippen LogP contribution in [-0.2, 0) is 19.4 Å². The summed E-state index contributed by atoms with van der Waals surface area (Å²) in [6, 6.07) is 0. The average molecular weight is 350 g/mol. The van der Waals surface area contributed by atoms with E-state index in [-0.39, 0.29) is 0 Å². The van der Waals surface area contributed by atoms with Crippen LogP contribution in [-0.4, -0.2) is 49.2 Å². The molecule has 0 amide bonds. The van der Waals surface area contributed by atoms with Gasteiger partial charge in [0.25, 0.3) is 0 Å². The fraction of sp³-hybridized carbons (Fsp3) is 0.789. The summed E-state index contributed by atoms with van der Waals surface area (Å²) in [6.07, 6.45) is 5.58. The van der Waals surface area contributed by atoms with Crippen LogP contribution >= 0.6 is 0 Å². The molecule has 0 spiro atoms. The molecule has 0 aromatic carbocycles. The summed E-state index contributed by atoms with van der Waals surface area (Å²) in [4.78, 5) is 6.90. The van der Waals surface area contributed by atoms with Crippen LogP contribution in [0.25, 0.3) is 0 Å². The molecule has 1 fully saturated rings. The zero-order valence-corrected chi connectivity index (χ0v) is 16.4. The first-order valence-electron chi connectivity index (χ1n) is 9.81. The van der Waals surface area contributed by atoms with E-state index in [9.17, 15) is 0 Å². The van der Waals surface area contributed by atoms with Crippen LogP contribution in [0.1, 0.15) is 57.1 Å². The fourth-order valence-electron chi connectivity index (χ4n) is 3.33. The van der Waals surface area contributed by atoms with E-state index < -0.39 is 0 Å². The highest BCUT2D eigenvalue weighted by molar-refractivity contribution is 5.79. The summed E-state index contributed by atoms with van der Waals surface area (Å²) in [7, 11) is 1.82. The lowest BCUT2D eigenvalue weighted by atomic mass is 9.99. The van der Waals surface area contributed by atoms with Crippen LogP contribution < -0.4 is 10.6 Å². The quantitative estimate of drug-likeness (QED) is 0.429. The van der Waals surface area contributed by atoms with Gasteiger partial charge in [0.05, 0.1) is 5.69 Å². The minimum absolute atomic E-state index is 0.708. The topological polar surface area (TPSA) is 65.7 Å². The first kappa shape index (κ1) is 19.8. The van der Waals surface area contributed by atoms with Crippen LogP contribution in [0.5, 0.6) is 0 Å². The third kappa shape index (κ3) is 6.03. The van der Waals surface area contributed by atoms with Crippen LogP contribution in [0.3, 0.4) is 0 Å². The molecule has 6 heteroatoms. The predicted octanol–water partition coefficient (Wildman–Crippen LogP) is 2.59. The third-order valence-corrected chi connectivity index (χ3v) is 5.08. The first-order valence-corrected chi connectivity index (χ1v) is 9.81. The highest BCUT2D eigenvalue weighted by Gasteiger charge is 2.15. The summed E-state index contributed by atoms with van der Waals surface area (Å²) in [6.45, 7) is 11.9. The monoisotopic (exact) mass is 349 g/mol. The number of aryl methyl sites for hydroxylation is 2. The summed E-state index contributed by atoms with van der Waals surface area (Å²) in [5.74, 6) is 2.72. The van der Waals surface area contributed by atoms with Gasteiger partial charge in [0.1, 0.15) is 5.76 Å². The molecule has 1 aliphatic rings. The molecule has 0 unspecified atom stereocenters. The lowest BCUT2D eigenvalue weighted by Crippen LogP contribution is -2.39. The van der Waals surface area contributed by atoms with Crippen molar-refractivity contribution in [1.82, 2.24) is 20.7 Å². The Hall–Kier alpha value is -1.56. The number of aliphatic imine (C=N–C) groups is 1. The van der Waals surface area contributed by atoms with Crippen LogP contribution in [0, 0.1) is 5.92 Å². The van der Waals surface area contributed by atoms with Crippen LogP contribution in [0.2, 0.25) is 0 Å². The molecule has 0 atom stereocenters. The summed E-state index contributed by atoms with van der Waals surface area (Å²) in [5, 5.41) is 11.0. The number of piperidine rings is 1. The molecule has 2 heterocycles. The molecule has 0 bridgehead atoms. The molecule has 25 heavy (non-hydrogen) atoms. The molecule has 6 nitrogen and oxygen atoms in total. The Bertz CT molecular complexity index is 510. The second-order valence-electron chi connectivity index (χ2n) is 6.97. The van der Waals surface area contributed by atoms with E-state index in [1.54, 1.807) is 0 Å². The highest BCUT2D eigenvalue weighted by atomic mass is 16.5. The van der Waals surface area contributed by atoms with Crippen molar-refractivity contribution >= 4 is 5.96 Å². The van der Waals surface area contributed by atoms with Crippen molar-refractivity contribution in [2.24, 2.45) is 10.9 Å². The fourth-order valence-corrected chi connectivity index (χ4v) is 3.33. The molecule has 1 aromatic heterocycles. The molecular weight excluding hydrogens is 314 g/mol. The van der Waals surface area contributed by atoms with Gasteiger partial charge in [0, 0.05) is 32.1 Å². The highest BCUT2D eigenvalue weighted by Crippen LogP contribution is 2.16. The van der Waals surface area contributed by atoms with Crippen molar-refractivity contribution < 1.29 is 4.52 Å². The molecule has 142 valence electrons. The third-order valence-electron chi connectivity index (χ3n) is 5.08. The maximum atomic E-state index is 5.42. The lowest BCUT2D eigenvalue weighted by molar-refractivity contribution is 0.191. The predicted molar refractivity (Wildman–Crippen MR) is 103 cm³/mol. The minimum atomic E-state index is 0.708. The number of hydrogen-bond acceptors (Lipinski definition) is 4. The Morgan fingerprint density at radius 1 is 1.24 bits per heavy atom. The van der Waals surface area contributed by atoms with Gasteiger partial charge >= 0.3 is 0 Å². The second-order valence-corrected chi connectivity index (χ2v) is 6.97. The maximum Gasteiger partial charge on any atom is 0.191 e.